The maximum absolute atomic E-state index is 5.67. The van der Waals surface area contributed by atoms with Crippen LogP contribution in [0.15, 0.2) is 0 Å². The Labute approximate surface area is 94.1 Å². The summed E-state index contributed by atoms with van der Waals surface area (Å²) >= 11 is 0. The van der Waals surface area contributed by atoms with Crippen LogP contribution in [0.4, 0.5) is 0 Å². The van der Waals surface area contributed by atoms with E-state index in [9.17, 15) is 0 Å². The third-order valence-electron chi connectivity index (χ3n) is 1.78. The molecule has 91 valence electrons. The molecule has 1 radical (unpaired) electrons. The first-order valence-corrected chi connectivity index (χ1v) is 5.74. The average Bonchev–Trinajstić information content (AvgIpc) is 2.15. The smallest absolute Gasteiger partial charge is 0.0785 e. The van der Waals surface area contributed by atoms with Crippen LogP contribution in [0, 0.1) is 6.92 Å². The molecule has 0 aromatic carbocycles. The molecule has 0 aromatic heterocycles. The summed E-state index contributed by atoms with van der Waals surface area (Å²) in [7, 11) is 0. The van der Waals surface area contributed by atoms with Crippen molar-refractivity contribution in [2.75, 3.05) is 19.8 Å². The van der Waals surface area contributed by atoms with Gasteiger partial charge in [-0.25, -0.2) is 0 Å². The van der Waals surface area contributed by atoms with Crippen molar-refractivity contribution in [1.82, 2.24) is 0 Å². The molecule has 0 fully saturated rings. The third-order valence-corrected chi connectivity index (χ3v) is 1.78. The molecular weight excluding hydrogens is 192 g/mol. The van der Waals surface area contributed by atoms with Gasteiger partial charge in [0.1, 0.15) is 0 Å². The summed E-state index contributed by atoms with van der Waals surface area (Å²) in [5.74, 6) is 0. The summed E-state index contributed by atoms with van der Waals surface area (Å²) in [6.45, 7) is 13.8. The minimum atomic E-state index is 0.0164. The zero-order chi connectivity index (χ0) is 11.7. The van der Waals surface area contributed by atoms with Crippen LogP contribution in [0.25, 0.3) is 0 Å². The molecule has 0 heterocycles. The lowest BCUT2D eigenvalue weighted by Crippen LogP contribution is -2.26. The Morgan fingerprint density at radius 1 is 1.07 bits per heavy atom. The Morgan fingerprint density at radius 3 is 2.20 bits per heavy atom. The molecule has 0 aliphatic heterocycles. The zero-order valence-corrected chi connectivity index (χ0v) is 10.5. The number of hydrogen-bond acceptors (Lipinski definition) is 3. The van der Waals surface area contributed by atoms with E-state index in [0.29, 0.717) is 13.2 Å². The fraction of sp³-hybridized carbons (Fsp3) is 0.917. The maximum atomic E-state index is 5.67. The minimum absolute atomic E-state index is 0.0164. The van der Waals surface area contributed by atoms with Gasteiger partial charge in [-0.15, -0.1) is 0 Å². The van der Waals surface area contributed by atoms with Crippen molar-refractivity contribution in [3.05, 3.63) is 6.92 Å². The summed E-state index contributed by atoms with van der Waals surface area (Å²) < 4.78 is 16.4. The van der Waals surface area contributed by atoms with Gasteiger partial charge in [0, 0.05) is 6.61 Å². The lowest BCUT2D eigenvalue weighted by molar-refractivity contribution is -0.0763. The van der Waals surface area contributed by atoms with Crippen molar-refractivity contribution in [1.29, 1.82) is 0 Å². The van der Waals surface area contributed by atoms with Crippen molar-refractivity contribution in [2.24, 2.45) is 0 Å². The molecule has 3 unspecified atom stereocenters. The molecule has 15 heavy (non-hydrogen) atoms. The standard InChI is InChI=1S/C12H25O3/c1-6-7-13-8-11(4)15-12(5)9-14-10(2)3/h10-12H,2,6-9H2,1,3-5H3. The molecule has 0 N–H and O–H groups in total. The van der Waals surface area contributed by atoms with E-state index in [1.165, 1.54) is 0 Å². The van der Waals surface area contributed by atoms with Crippen LogP contribution >= 0.6 is 0 Å². The van der Waals surface area contributed by atoms with E-state index in [0.717, 1.165) is 13.0 Å². The Morgan fingerprint density at radius 2 is 1.67 bits per heavy atom. The lowest BCUT2D eigenvalue weighted by Gasteiger charge is -2.20. The summed E-state index contributed by atoms with van der Waals surface area (Å²) in [4.78, 5) is 0. The first-order valence-electron chi connectivity index (χ1n) is 5.74. The van der Waals surface area contributed by atoms with Crippen LogP contribution in [0.2, 0.25) is 0 Å². The van der Waals surface area contributed by atoms with Gasteiger partial charge >= 0.3 is 0 Å². The van der Waals surface area contributed by atoms with E-state index < -0.39 is 0 Å². The van der Waals surface area contributed by atoms with Crippen LogP contribution in [0.1, 0.15) is 34.1 Å². The van der Waals surface area contributed by atoms with Gasteiger partial charge in [0.25, 0.3) is 0 Å². The number of hydrogen-bond donors (Lipinski definition) is 0. The normalized spacial score (nSPS) is 15.6. The van der Waals surface area contributed by atoms with Gasteiger partial charge in [0.15, 0.2) is 0 Å². The van der Waals surface area contributed by atoms with Crippen LogP contribution in [0.5, 0.6) is 0 Å². The highest BCUT2D eigenvalue weighted by atomic mass is 16.6. The molecule has 0 saturated carbocycles. The van der Waals surface area contributed by atoms with Crippen LogP contribution < -0.4 is 0 Å². The van der Waals surface area contributed by atoms with Crippen LogP contribution in [0.3, 0.4) is 0 Å². The van der Waals surface area contributed by atoms with Crippen LogP contribution in [-0.4, -0.2) is 38.1 Å². The van der Waals surface area contributed by atoms with Crippen LogP contribution in [-0.2, 0) is 14.2 Å². The summed E-state index contributed by atoms with van der Waals surface area (Å²) in [5, 5.41) is 0. The monoisotopic (exact) mass is 217 g/mol. The average molecular weight is 217 g/mol. The second-order valence-electron chi connectivity index (χ2n) is 3.98. The van der Waals surface area contributed by atoms with Gasteiger partial charge in [-0.2, -0.15) is 0 Å². The SMILES string of the molecule is [CH2]C(C)OCC(C)OC(C)COCCC. The van der Waals surface area contributed by atoms with Crippen molar-refractivity contribution in [3.63, 3.8) is 0 Å². The highest BCUT2D eigenvalue weighted by Crippen LogP contribution is 2.01. The molecule has 0 aliphatic carbocycles. The first kappa shape index (κ1) is 14.9. The fourth-order valence-electron chi connectivity index (χ4n) is 1.17. The topological polar surface area (TPSA) is 27.7 Å². The van der Waals surface area contributed by atoms with Crippen molar-refractivity contribution >= 4 is 0 Å². The molecule has 0 aromatic rings. The highest BCUT2D eigenvalue weighted by molar-refractivity contribution is 4.57. The Bertz CT molecular complexity index is 137. The first-order chi connectivity index (χ1) is 7.06. The molecule has 0 amide bonds. The predicted octanol–water partition coefficient (Wildman–Crippen LogP) is 2.45. The Balaban J connectivity index is 3.44. The second-order valence-corrected chi connectivity index (χ2v) is 3.98. The number of ether oxygens (including phenoxy) is 3. The van der Waals surface area contributed by atoms with E-state index in [-0.39, 0.29) is 18.3 Å². The summed E-state index contributed by atoms with van der Waals surface area (Å²) in [6, 6.07) is 0. The van der Waals surface area contributed by atoms with Crippen molar-refractivity contribution < 1.29 is 14.2 Å². The maximum Gasteiger partial charge on any atom is 0.0785 e. The molecule has 0 saturated heterocycles. The fourth-order valence-corrected chi connectivity index (χ4v) is 1.17. The lowest BCUT2D eigenvalue weighted by atomic mass is 10.3. The van der Waals surface area contributed by atoms with Gasteiger partial charge in [0.2, 0.25) is 0 Å². The quantitative estimate of drug-likeness (QED) is 0.555. The van der Waals surface area contributed by atoms with E-state index in [1.54, 1.807) is 0 Å². The molecular formula is C12H25O3. The molecule has 0 aliphatic rings. The van der Waals surface area contributed by atoms with Gasteiger partial charge in [-0.05, 0) is 34.1 Å². The molecule has 0 bridgehead atoms. The Kier molecular flexibility index (Phi) is 9.06. The second kappa shape index (κ2) is 9.13. The van der Waals surface area contributed by atoms with Crippen molar-refractivity contribution in [2.45, 2.75) is 52.4 Å². The van der Waals surface area contributed by atoms with Crippen molar-refractivity contribution in [3.8, 4) is 0 Å². The van der Waals surface area contributed by atoms with E-state index >= 15 is 0 Å². The Hall–Kier alpha value is -0.120. The third kappa shape index (κ3) is 10.2. The molecule has 0 spiro atoms. The van der Waals surface area contributed by atoms with E-state index in [2.05, 4.69) is 13.8 Å². The number of rotatable bonds is 9. The zero-order valence-electron chi connectivity index (χ0n) is 10.5. The van der Waals surface area contributed by atoms with E-state index in [1.807, 2.05) is 20.8 Å². The molecule has 3 nitrogen and oxygen atoms in total. The summed E-state index contributed by atoms with van der Waals surface area (Å²) in [5.41, 5.74) is 0. The van der Waals surface area contributed by atoms with Gasteiger partial charge in [-0.1, -0.05) is 6.92 Å². The summed E-state index contributed by atoms with van der Waals surface area (Å²) in [6.07, 6.45) is 1.28. The largest absolute Gasteiger partial charge is 0.379 e. The van der Waals surface area contributed by atoms with Gasteiger partial charge in [-0.3, -0.25) is 0 Å². The predicted molar refractivity (Wildman–Crippen MR) is 61.9 cm³/mol. The van der Waals surface area contributed by atoms with Gasteiger partial charge < -0.3 is 14.2 Å². The minimum Gasteiger partial charge on any atom is -0.379 e. The molecule has 3 atom stereocenters. The highest BCUT2D eigenvalue weighted by Gasteiger charge is 2.09. The van der Waals surface area contributed by atoms with Gasteiger partial charge in [0.05, 0.1) is 31.5 Å². The molecule has 3 heteroatoms. The molecule has 0 rings (SSSR count). The van der Waals surface area contributed by atoms with E-state index in [4.69, 9.17) is 14.2 Å².